The van der Waals surface area contributed by atoms with Crippen molar-refractivity contribution < 1.29 is 4.79 Å². The van der Waals surface area contributed by atoms with E-state index in [0.29, 0.717) is 5.78 Å². The minimum Gasteiger partial charge on any atom is -0.399 e. The van der Waals surface area contributed by atoms with Gasteiger partial charge in [-0.15, -0.1) is 0 Å². The van der Waals surface area contributed by atoms with Gasteiger partial charge < -0.3 is 5.73 Å². The first kappa shape index (κ1) is 11.2. The monoisotopic (exact) mass is 217 g/mol. The minimum absolute atomic E-state index is 0.246. The van der Waals surface area contributed by atoms with Gasteiger partial charge >= 0.3 is 0 Å². The summed E-state index contributed by atoms with van der Waals surface area (Å²) in [6.07, 6.45) is 5.80. The molecule has 0 heterocycles. The Bertz CT molecular complexity index is 392. The van der Waals surface area contributed by atoms with E-state index in [1.807, 2.05) is 25.1 Å². The van der Waals surface area contributed by atoms with Crippen molar-refractivity contribution in [2.45, 2.75) is 39.0 Å². The first-order chi connectivity index (χ1) is 7.68. The SMILES string of the molecule is Cc1cc(N)ccc1C(=O)C1CCCCC1. The van der Waals surface area contributed by atoms with Crippen molar-refractivity contribution in [3.8, 4) is 0 Å². The molecule has 86 valence electrons. The molecular weight excluding hydrogens is 198 g/mol. The molecule has 2 rings (SSSR count). The number of carbonyl (C=O) groups excluding carboxylic acids is 1. The van der Waals surface area contributed by atoms with Crippen LogP contribution in [-0.2, 0) is 0 Å². The number of nitrogen functional groups attached to an aromatic ring is 1. The smallest absolute Gasteiger partial charge is 0.166 e. The lowest BCUT2D eigenvalue weighted by Gasteiger charge is -2.21. The molecular formula is C14H19NO. The zero-order valence-electron chi connectivity index (χ0n) is 9.83. The maximum absolute atomic E-state index is 12.3. The third-order valence-corrected chi connectivity index (χ3v) is 3.49. The molecule has 2 heteroatoms. The highest BCUT2D eigenvalue weighted by molar-refractivity contribution is 5.99. The fraction of sp³-hybridized carbons (Fsp3) is 0.500. The number of carbonyl (C=O) groups is 1. The molecule has 1 aliphatic carbocycles. The fourth-order valence-electron chi connectivity index (χ4n) is 2.55. The fourth-order valence-corrected chi connectivity index (χ4v) is 2.55. The Morgan fingerprint density at radius 2 is 1.94 bits per heavy atom. The van der Waals surface area contributed by atoms with E-state index in [4.69, 9.17) is 5.73 Å². The van der Waals surface area contributed by atoms with Crippen molar-refractivity contribution in [1.82, 2.24) is 0 Å². The Balaban J connectivity index is 2.19. The second kappa shape index (κ2) is 4.69. The van der Waals surface area contributed by atoms with Gasteiger partial charge in [-0.3, -0.25) is 4.79 Å². The normalized spacial score (nSPS) is 17.3. The number of nitrogens with two attached hydrogens (primary N) is 1. The molecule has 1 saturated carbocycles. The molecule has 0 aromatic heterocycles. The number of rotatable bonds is 2. The first-order valence-corrected chi connectivity index (χ1v) is 6.09. The standard InChI is InChI=1S/C14H19NO/c1-10-9-12(15)7-8-13(10)14(16)11-5-3-2-4-6-11/h7-9,11H,2-6,15H2,1H3. The topological polar surface area (TPSA) is 43.1 Å². The largest absolute Gasteiger partial charge is 0.399 e. The molecule has 1 aromatic carbocycles. The summed E-state index contributed by atoms with van der Waals surface area (Å²) in [5, 5.41) is 0. The van der Waals surface area contributed by atoms with E-state index in [2.05, 4.69) is 0 Å². The number of ketones is 1. The quantitative estimate of drug-likeness (QED) is 0.610. The van der Waals surface area contributed by atoms with Crippen LogP contribution in [0.3, 0.4) is 0 Å². The van der Waals surface area contributed by atoms with Crippen molar-refractivity contribution in [3.05, 3.63) is 29.3 Å². The van der Waals surface area contributed by atoms with Gasteiger partial charge in [-0.25, -0.2) is 0 Å². The van der Waals surface area contributed by atoms with E-state index in [0.717, 1.165) is 29.7 Å². The van der Waals surface area contributed by atoms with E-state index < -0.39 is 0 Å². The second-order valence-corrected chi connectivity index (χ2v) is 4.77. The summed E-state index contributed by atoms with van der Waals surface area (Å²) < 4.78 is 0. The molecule has 1 aliphatic rings. The van der Waals surface area contributed by atoms with Crippen LogP contribution in [-0.4, -0.2) is 5.78 Å². The van der Waals surface area contributed by atoms with Gasteiger partial charge in [0.2, 0.25) is 0 Å². The van der Waals surface area contributed by atoms with Crippen LogP contribution >= 0.6 is 0 Å². The van der Waals surface area contributed by atoms with E-state index in [1.54, 1.807) is 0 Å². The Morgan fingerprint density at radius 3 is 2.56 bits per heavy atom. The van der Waals surface area contributed by atoms with Gasteiger partial charge in [0.1, 0.15) is 0 Å². The lowest BCUT2D eigenvalue weighted by atomic mass is 9.83. The van der Waals surface area contributed by atoms with Crippen molar-refractivity contribution in [2.75, 3.05) is 5.73 Å². The molecule has 2 N–H and O–H groups in total. The van der Waals surface area contributed by atoms with Gasteiger partial charge in [0.15, 0.2) is 5.78 Å². The van der Waals surface area contributed by atoms with Crippen LogP contribution in [0, 0.1) is 12.8 Å². The van der Waals surface area contributed by atoms with Crippen molar-refractivity contribution in [1.29, 1.82) is 0 Å². The Kier molecular flexibility index (Phi) is 3.28. The number of anilines is 1. The molecule has 1 fully saturated rings. The zero-order valence-corrected chi connectivity index (χ0v) is 9.83. The number of hydrogen-bond acceptors (Lipinski definition) is 2. The van der Waals surface area contributed by atoms with E-state index in [-0.39, 0.29) is 5.92 Å². The molecule has 16 heavy (non-hydrogen) atoms. The second-order valence-electron chi connectivity index (χ2n) is 4.77. The van der Waals surface area contributed by atoms with Gasteiger partial charge in [-0.05, 0) is 43.5 Å². The van der Waals surface area contributed by atoms with Crippen LogP contribution in [0.15, 0.2) is 18.2 Å². The molecule has 0 unspecified atom stereocenters. The Morgan fingerprint density at radius 1 is 1.25 bits per heavy atom. The molecule has 0 atom stereocenters. The Hall–Kier alpha value is -1.31. The lowest BCUT2D eigenvalue weighted by molar-refractivity contribution is 0.0889. The zero-order chi connectivity index (χ0) is 11.5. The molecule has 0 amide bonds. The maximum atomic E-state index is 12.3. The van der Waals surface area contributed by atoms with Crippen LogP contribution in [0.1, 0.15) is 48.0 Å². The summed E-state index contributed by atoms with van der Waals surface area (Å²) in [4.78, 5) is 12.3. The van der Waals surface area contributed by atoms with Crippen LogP contribution < -0.4 is 5.73 Å². The third-order valence-electron chi connectivity index (χ3n) is 3.49. The van der Waals surface area contributed by atoms with Gasteiger partial charge in [-0.2, -0.15) is 0 Å². The van der Waals surface area contributed by atoms with Crippen molar-refractivity contribution in [3.63, 3.8) is 0 Å². The van der Waals surface area contributed by atoms with E-state index in [1.165, 1.54) is 19.3 Å². The highest BCUT2D eigenvalue weighted by Crippen LogP contribution is 2.28. The average molecular weight is 217 g/mol. The summed E-state index contributed by atoms with van der Waals surface area (Å²) in [6.45, 7) is 1.96. The predicted octanol–water partition coefficient (Wildman–Crippen LogP) is 3.34. The van der Waals surface area contributed by atoms with Crippen LogP contribution in [0.5, 0.6) is 0 Å². The predicted molar refractivity (Wildman–Crippen MR) is 66.5 cm³/mol. The average Bonchev–Trinajstić information content (AvgIpc) is 2.29. The molecule has 1 aromatic rings. The van der Waals surface area contributed by atoms with Crippen LogP contribution in [0.4, 0.5) is 5.69 Å². The molecule has 0 aliphatic heterocycles. The summed E-state index contributed by atoms with van der Waals surface area (Å²) in [5.74, 6) is 0.563. The highest BCUT2D eigenvalue weighted by atomic mass is 16.1. The highest BCUT2D eigenvalue weighted by Gasteiger charge is 2.23. The van der Waals surface area contributed by atoms with Crippen molar-refractivity contribution in [2.24, 2.45) is 5.92 Å². The van der Waals surface area contributed by atoms with Gasteiger partial charge in [0.05, 0.1) is 0 Å². The molecule has 2 nitrogen and oxygen atoms in total. The molecule has 0 saturated heterocycles. The Labute approximate surface area is 96.8 Å². The number of hydrogen-bond donors (Lipinski definition) is 1. The van der Waals surface area contributed by atoms with Crippen LogP contribution in [0.2, 0.25) is 0 Å². The van der Waals surface area contributed by atoms with Crippen molar-refractivity contribution >= 4 is 11.5 Å². The van der Waals surface area contributed by atoms with Gasteiger partial charge in [0.25, 0.3) is 0 Å². The van der Waals surface area contributed by atoms with E-state index >= 15 is 0 Å². The van der Waals surface area contributed by atoms with E-state index in [9.17, 15) is 4.79 Å². The number of Topliss-reactive ketones (excluding diaryl/α,β-unsaturated/α-hetero) is 1. The van der Waals surface area contributed by atoms with Gasteiger partial charge in [0, 0.05) is 17.2 Å². The molecule has 0 spiro atoms. The third kappa shape index (κ3) is 2.26. The lowest BCUT2D eigenvalue weighted by Crippen LogP contribution is -2.18. The first-order valence-electron chi connectivity index (χ1n) is 6.09. The summed E-state index contributed by atoms with van der Waals surface area (Å²) in [6, 6.07) is 5.58. The van der Waals surface area contributed by atoms with Gasteiger partial charge in [-0.1, -0.05) is 19.3 Å². The minimum atomic E-state index is 0.246. The summed E-state index contributed by atoms with van der Waals surface area (Å²) in [7, 11) is 0. The summed E-state index contributed by atoms with van der Waals surface area (Å²) >= 11 is 0. The van der Waals surface area contributed by atoms with Crippen LogP contribution in [0.25, 0.3) is 0 Å². The number of aryl methyl sites for hydroxylation is 1. The number of benzene rings is 1. The summed E-state index contributed by atoms with van der Waals surface area (Å²) in [5.41, 5.74) is 8.30. The molecule has 0 radical (unpaired) electrons. The molecule has 0 bridgehead atoms. The maximum Gasteiger partial charge on any atom is 0.166 e.